The van der Waals surface area contributed by atoms with Crippen molar-refractivity contribution >= 4 is 33.4 Å². The number of aromatic nitrogens is 1. The number of benzene rings is 6. The van der Waals surface area contributed by atoms with E-state index in [1.807, 2.05) is 12.1 Å². The number of hydrogen-bond donors (Lipinski definition) is 0. The van der Waals surface area contributed by atoms with Gasteiger partial charge >= 0.3 is 0 Å². The van der Waals surface area contributed by atoms with E-state index in [1.165, 1.54) is 32.9 Å². The van der Waals surface area contributed by atoms with Crippen LogP contribution >= 0.6 is 11.6 Å². The van der Waals surface area contributed by atoms with E-state index in [0.29, 0.717) is 0 Å². The molecule has 7 rings (SSSR count). The van der Waals surface area contributed by atoms with Gasteiger partial charge in [-0.05, 0) is 81.9 Å². The quantitative estimate of drug-likeness (QED) is 0.224. The van der Waals surface area contributed by atoms with Crippen molar-refractivity contribution in [3.05, 3.63) is 151 Å². The molecular weight excluding hydrogens is 482 g/mol. The van der Waals surface area contributed by atoms with Crippen LogP contribution in [0.5, 0.6) is 0 Å². The van der Waals surface area contributed by atoms with Crippen LogP contribution in [0.1, 0.15) is 0 Å². The fraction of sp³-hybridized carbons (Fsp3) is 0. The van der Waals surface area contributed by atoms with Gasteiger partial charge in [-0.25, -0.2) is 0 Å². The van der Waals surface area contributed by atoms with Crippen LogP contribution in [0.15, 0.2) is 146 Å². The second-order valence-corrected chi connectivity index (χ2v) is 10.0. The van der Waals surface area contributed by atoms with Crippen molar-refractivity contribution in [1.29, 1.82) is 0 Å². The molecule has 0 bridgehead atoms. The van der Waals surface area contributed by atoms with Gasteiger partial charge in [0, 0.05) is 21.5 Å². The molecule has 0 aliphatic rings. The monoisotopic (exact) mass is 505 g/mol. The Balaban J connectivity index is 1.33. The predicted octanol–water partition coefficient (Wildman–Crippen LogP) is 10.4. The molecule has 0 fully saturated rings. The SMILES string of the molecule is Clc1cc(-c2ccc(-c3ccccc3)cc2)cc(-c2ccc3c(c2)c2ccccc2n3-c2ccccc2)c1. The lowest BCUT2D eigenvalue weighted by Gasteiger charge is -2.10. The maximum absolute atomic E-state index is 6.67. The zero-order chi connectivity index (χ0) is 25.5. The van der Waals surface area contributed by atoms with Gasteiger partial charge in [0.25, 0.3) is 0 Å². The minimum atomic E-state index is 0.733. The largest absolute Gasteiger partial charge is 0.309 e. The molecular formula is C36H24ClN. The Morgan fingerprint density at radius 2 is 0.895 bits per heavy atom. The molecule has 1 heterocycles. The van der Waals surface area contributed by atoms with Gasteiger partial charge in [0.05, 0.1) is 11.0 Å². The highest BCUT2D eigenvalue weighted by atomic mass is 35.5. The van der Waals surface area contributed by atoms with Gasteiger partial charge in [-0.15, -0.1) is 0 Å². The Kier molecular flexibility index (Phi) is 5.57. The molecule has 0 saturated carbocycles. The number of rotatable bonds is 4. The lowest BCUT2D eigenvalue weighted by Crippen LogP contribution is -1.92. The highest BCUT2D eigenvalue weighted by Crippen LogP contribution is 2.37. The molecule has 0 aliphatic heterocycles. The molecule has 6 aromatic carbocycles. The van der Waals surface area contributed by atoms with Gasteiger partial charge in [0.2, 0.25) is 0 Å². The van der Waals surface area contributed by atoms with Crippen molar-refractivity contribution in [2.24, 2.45) is 0 Å². The third-order valence-corrected chi connectivity index (χ3v) is 7.46. The zero-order valence-electron chi connectivity index (χ0n) is 20.7. The number of hydrogen-bond acceptors (Lipinski definition) is 0. The van der Waals surface area contributed by atoms with E-state index < -0.39 is 0 Å². The Hall–Kier alpha value is -4.59. The molecule has 0 saturated heterocycles. The molecule has 2 heteroatoms. The molecule has 0 spiro atoms. The van der Waals surface area contributed by atoms with Gasteiger partial charge in [-0.3, -0.25) is 0 Å². The van der Waals surface area contributed by atoms with Crippen LogP contribution in [-0.4, -0.2) is 4.57 Å². The first-order chi connectivity index (χ1) is 18.7. The molecule has 0 N–H and O–H groups in total. The van der Waals surface area contributed by atoms with Gasteiger partial charge in [-0.1, -0.05) is 109 Å². The van der Waals surface area contributed by atoms with E-state index in [9.17, 15) is 0 Å². The number of nitrogens with zero attached hydrogens (tertiary/aromatic N) is 1. The molecule has 1 nitrogen and oxygen atoms in total. The summed E-state index contributed by atoms with van der Waals surface area (Å²) in [6.45, 7) is 0. The van der Waals surface area contributed by atoms with Crippen molar-refractivity contribution in [1.82, 2.24) is 4.57 Å². The Labute approximate surface area is 227 Å². The average molecular weight is 506 g/mol. The molecule has 0 radical (unpaired) electrons. The molecule has 0 unspecified atom stereocenters. The maximum Gasteiger partial charge on any atom is 0.0541 e. The van der Waals surface area contributed by atoms with Crippen molar-refractivity contribution in [3.63, 3.8) is 0 Å². The highest BCUT2D eigenvalue weighted by molar-refractivity contribution is 6.31. The van der Waals surface area contributed by atoms with Crippen LogP contribution in [0.4, 0.5) is 0 Å². The third-order valence-electron chi connectivity index (χ3n) is 7.24. The number of para-hydroxylation sites is 2. The van der Waals surface area contributed by atoms with E-state index in [-0.39, 0.29) is 0 Å². The summed E-state index contributed by atoms with van der Waals surface area (Å²) in [5.41, 5.74) is 10.5. The first kappa shape index (κ1) is 22.6. The van der Waals surface area contributed by atoms with Crippen molar-refractivity contribution in [2.75, 3.05) is 0 Å². The Morgan fingerprint density at radius 1 is 0.368 bits per heavy atom. The molecule has 38 heavy (non-hydrogen) atoms. The van der Waals surface area contributed by atoms with Crippen LogP contribution < -0.4 is 0 Å². The zero-order valence-corrected chi connectivity index (χ0v) is 21.4. The highest BCUT2D eigenvalue weighted by Gasteiger charge is 2.13. The standard InChI is InChI=1S/C36H24ClN/c37-31-22-29(27-17-15-26(16-18-27)25-9-3-1-4-10-25)21-30(23-31)28-19-20-36-34(24-28)33-13-7-8-14-35(33)38(36)32-11-5-2-6-12-32/h1-24H. The summed E-state index contributed by atoms with van der Waals surface area (Å²) in [5.74, 6) is 0. The van der Waals surface area contributed by atoms with Crippen molar-refractivity contribution in [2.45, 2.75) is 0 Å². The lowest BCUT2D eigenvalue weighted by molar-refractivity contribution is 1.18. The van der Waals surface area contributed by atoms with Gasteiger partial charge in [-0.2, -0.15) is 0 Å². The van der Waals surface area contributed by atoms with Gasteiger partial charge in [0.15, 0.2) is 0 Å². The van der Waals surface area contributed by atoms with E-state index >= 15 is 0 Å². The van der Waals surface area contributed by atoms with Crippen LogP contribution in [-0.2, 0) is 0 Å². The third kappa shape index (κ3) is 3.98. The topological polar surface area (TPSA) is 4.93 Å². The summed E-state index contributed by atoms with van der Waals surface area (Å²) in [7, 11) is 0. The van der Waals surface area contributed by atoms with Crippen LogP contribution in [0, 0.1) is 0 Å². The average Bonchev–Trinajstić information content (AvgIpc) is 3.31. The van der Waals surface area contributed by atoms with Crippen molar-refractivity contribution < 1.29 is 0 Å². The van der Waals surface area contributed by atoms with E-state index in [4.69, 9.17) is 11.6 Å². The Bertz CT molecular complexity index is 1900. The molecule has 1 aromatic heterocycles. The smallest absolute Gasteiger partial charge is 0.0541 e. The fourth-order valence-electron chi connectivity index (χ4n) is 5.42. The normalized spacial score (nSPS) is 11.3. The van der Waals surface area contributed by atoms with Crippen molar-refractivity contribution in [3.8, 4) is 39.1 Å². The summed E-state index contributed by atoms with van der Waals surface area (Å²) in [6, 6.07) is 51.4. The molecule has 0 atom stereocenters. The van der Waals surface area contributed by atoms with E-state index in [2.05, 4.69) is 138 Å². The minimum absolute atomic E-state index is 0.733. The van der Waals surface area contributed by atoms with Crippen LogP contribution in [0.25, 0.3) is 60.9 Å². The molecule has 180 valence electrons. The Morgan fingerprint density at radius 3 is 1.63 bits per heavy atom. The summed E-state index contributed by atoms with van der Waals surface area (Å²) in [6.07, 6.45) is 0. The molecule has 0 amide bonds. The summed E-state index contributed by atoms with van der Waals surface area (Å²) in [5, 5.41) is 3.21. The first-order valence-corrected chi connectivity index (χ1v) is 13.2. The fourth-order valence-corrected chi connectivity index (χ4v) is 5.65. The van der Waals surface area contributed by atoms with Crippen LogP contribution in [0.3, 0.4) is 0 Å². The predicted molar refractivity (Wildman–Crippen MR) is 162 cm³/mol. The first-order valence-electron chi connectivity index (χ1n) is 12.8. The van der Waals surface area contributed by atoms with E-state index in [0.717, 1.165) is 33.0 Å². The van der Waals surface area contributed by atoms with E-state index in [1.54, 1.807) is 0 Å². The van der Waals surface area contributed by atoms with Gasteiger partial charge in [0.1, 0.15) is 0 Å². The van der Waals surface area contributed by atoms with Crippen LogP contribution in [0.2, 0.25) is 5.02 Å². The summed E-state index contributed by atoms with van der Waals surface area (Å²) < 4.78 is 2.34. The second-order valence-electron chi connectivity index (χ2n) is 9.59. The number of fused-ring (bicyclic) bond motifs is 3. The maximum atomic E-state index is 6.67. The van der Waals surface area contributed by atoms with Gasteiger partial charge < -0.3 is 4.57 Å². The molecule has 7 aromatic rings. The summed E-state index contributed by atoms with van der Waals surface area (Å²) in [4.78, 5) is 0. The lowest BCUT2D eigenvalue weighted by atomic mass is 9.96. The summed E-state index contributed by atoms with van der Waals surface area (Å²) >= 11 is 6.67. The number of halogens is 1. The second kappa shape index (κ2) is 9.37. The molecule has 0 aliphatic carbocycles. The minimum Gasteiger partial charge on any atom is -0.309 e.